The number of nitrogens with zero attached hydrogens (tertiary/aromatic N) is 1. The van der Waals surface area contributed by atoms with Crippen LogP contribution in [0.5, 0.6) is 0 Å². The van der Waals surface area contributed by atoms with Gasteiger partial charge in [-0.25, -0.2) is 0 Å². The highest BCUT2D eigenvalue weighted by molar-refractivity contribution is 9.10. The highest BCUT2D eigenvalue weighted by atomic mass is 79.9. The zero-order valence-corrected chi connectivity index (χ0v) is 12.7. The molecule has 0 aliphatic carbocycles. The van der Waals surface area contributed by atoms with Crippen molar-refractivity contribution in [3.8, 4) is 0 Å². The Morgan fingerprint density at radius 3 is 2.35 bits per heavy atom. The molecule has 0 saturated carbocycles. The van der Waals surface area contributed by atoms with Crippen molar-refractivity contribution in [1.82, 2.24) is 0 Å². The van der Waals surface area contributed by atoms with E-state index in [9.17, 15) is 10.1 Å². The van der Waals surface area contributed by atoms with Gasteiger partial charge in [0, 0.05) is 28.8 Å². The second-order valence-electron chi connectivity index (χ2n) is 4.44. The summed E-state index contributed by atoms with van der Waals surface area (Å²) in [7, 11) is 0. The number of rotatable bonds is 5. The number of anilines is 1. The number of nitro benzene ring substituents is 1. The molecule has 2 rings (SSSR count). The van der Waals surface area contributed by atoms with Crippen LogP contribution in [0, 0.1) is 10.1 Å². The van der Waals surface area contributed by atoms with Crippen molar-refractivity contribution in [3.63, 3.8) is 0 Å². The lowest BCUT2D eigenvalue weighted by molar-refractivity contribution is -0.384. The first-order valence-electron chi connectivity index (χ1n) is 6.35. The van der Waals surface area contributed by atoms with E-state index in [0.717, 1.165) is 12.1 Å². The van der Waals surface area contributed by atoms with Gasteiger partial charge in [-0.3, -0.25) is 10.1 Å². The molecule has 0 aromatic heterocycles. The molecule has 0 unspecified atom stereocenters. The minimum absolute atomic E-state index is 0.0784. The topological polar surface area (TPSA) is 55.2 Å². The fraction of sp³-hybridized carbons (Fsp3) is 0.200. The maximum absolute atomic E-state index is 10.7. The molecule has 2 aromatic rings. The molecule has 0 saturated heterocycles. The van der Waals surface area contributed by atoms with Gasteiger partial charge >= 0.3 is 0 Å². The van der Waals surface area contributed by atoms with E-state index in [0.29, 0.717) is 11.0 Å². The summed E-state index contributed by atoms with van der Waals surface area (Å²) < 4.78 is 0.692. The lowest BCUT2D eigenvalue weighted by Gasteiger charge is -2.09. The molecule has 20 heavy (non-hydrogen) atoms. The van der Waals surface area contributed by atoms with Crippen molar-refractivity contribution in [1.29, 1.82) is 0 Å². The second-order valence-corrected chi connectivity index (χ2v) is 5.30. The number of nitrogens with one attached hydrogen (secondary N) is 1. The third kappa shape index (κ3) is 3.57. The van der Waals surface area contributed by atoms with Crippen LogP contribution in [0.3, 0.4) is 0 Å². The van der Waals surface area contributed by atoms with Crippen molar-refractivity contribution in [3.05, 3.63) is 68.2 Å². The lowest BCUT2D eigenvalue weighted by atomic mass is 10.1. The molecule has 1 N–H and O–H groups in total. The molecular formula is C15H15BrN2O2. The minimum atomic E-state index is -0.405. The molecular weight excluding hydrogens is 320 g/mol. The van der Waals surface area contributed by atoms with Gasteiger partial charge in [-0.05, 0) is 39.5 Å². The molecule has 2 aromatic carbocycles. The van der Waals surface area contributed by atoms with E-state index in [-0.39, 0.29) is 5.69 Å². The predicted octanol–water partition coefficient (Wildman–Crippen LogP) is 4.53. The van der Waals surface area contributed by atoms with E-state index in [2.05, 4.69) is 52.4 Å². The first-order chi connectivity index (χ1) is 9.60. The number of aryl methyl sites for hydroxylation is 1. The fourth-order valence-electron chi connectivity index (χ4n) is 1.85. The number of halogens is 1. The van der Waals surface area contributed by atoms with Crippen LogP contribution in [-0.2, 0) is 13.0 Å². The van der Waals surface area contributed by atoms with Gasteiger partial charge in [-0.15, -0.1) is 0 Å². The average molecular weight is 335 g/mol. The van der Waals surface area contributed by atoms with Gasteiger partial charge in [0.2, 0.25) is 0 Å². The highest BCUT2D eigenvalue weighted by Crippen LogP contribution is 2.27. The van der Waals surface area contributed by atoms with Crippen molar-refractivity contribution >= 4 is 27.3 Å². The number of benzene rings is 2. The van der Waals surface area contributed by atoms with E-state index >= 15 is 0 Å². The zero-order valence-electron chi connectivity index (χ0n) is 11.1. The third-order valence-electron chi connectivity index (χ3n) is 3.08. The summed E-state index contributed by atoms with van der Waals surface area (Å²) in [5, 5.41) is 13.9. The molecule has 104 valence electrons. The van der Waals surface area contributed by atoms with Crippen LogP contribution in [0.1, 0.15) is 18.1 Å². The maximum Gasteiger partial charge on any atom is 0.270 e. The van der Waals surface area contributed by atoms with Crippen molar-refractivity contribution in [2.45, 2.75) is 19.9 Å². The summed E-state index contributed by atoms with van der Waals surface area (Å²) in [6.07, 6.45) is 1.03. The largest absolute Gasteiger partial charge is 0.380 e. The smallest absolute Gasteiger partial charge is 0.270 e. The van der Waals surface area contributed by atoms with E-state index in [1.165, 1.54) is 23.3 Å². The zero-order chi connectivity index (χ0) is 14.5. The van der Waals surface area contributed by atoms with E-state index in [4.69, 9.17) is 0 Å². The number of nitro groups is 1. The standard InChI is InChI=1S/C15H15BrN2O2/c1-2-11-3-5-12(6-4-11)10-17-15-8-7-13(18(19)20)9-14(15)16/h3-9,17H,2,10H2,1H3. The van der Waals surface area contributed by atoms with Gasteiger partial charge < -0.3 is 5.32 Å². The van der Waals surface area contributed by atoms with Crippen molar-refractivity contribution < 1.29 is 4.92 Å². The normalized spacial score (nSPS) is 10.3. The molecule has 0 spiro atoms. The summed E-state index contributed by atoms with van der Waals surface area (Å²) in [6, 6.07) is 13.1. The van der Waals surface area contributed by atoms with Crippen LogP contribution in [0.4, 0.5) is 11.4 Å². The number of hydrogen-bond donors (Lipinski definition) is 1. The Labute approximate surface area is 126 Å². The average Bonchev–Trinajstić information content (AvgIpc) is 2.46. The first kappa shape index (κ1) is 14.5. The van der Waals surface area contributed by atoms with Gasteiger partial charge in [-0.2, -0.15) is 0 Å². The molecule has 0 heterocycles. The van der Waals surface area contributed by atoms with E-state index < -0.39 is 4.92 Å². The van der Waals surface area contributed by atoms with Crippen LogP contribution >= 0.6 is 15.9 Å². The predicted molar refractivity (Wildman–Crippen MR) is 83.9 cm³/mol. The summed E-state index contributed by atoms with van der Waals surface area (Å²) in [6.45, 7) is 2.81. The van der Waals surface area contributed by atoms with Gasteiger partial charge in [-0.1, -0.05) is 31.2 Å². The van der Waals surface area contributed by atoms with Crippen molar-refractivity contribution in [2.24, 2.45) is 0 Å². The summed E-state index contributed by atoms with van der Waals surface area (Å²) in [5.74, 6) is 0. The van der Waals surface area contributed by atoms with Gasteiger partial charge in [0.05, 0.1) is 4.92 Å². The number of hydrogen-bond acceptors (Lipinski definition) is 3. The minimum Gasteiger partial charge on any atom is -0.380 e. The van der Waals surface area contributed by atoms with Gasteiger partial charge in [0.15, 0.2) is 0 Å². The lowest BCUT2D eigenvalue weighted by Crippen LogP contribution is -2.00. The summed E-state index contributed by atoms with van der Waals surface area (Å²) in [4.78, 5) is 10.3. The Morgan fingerprint density at radius 2 is 1.80 bits per heavy atom. The third-order valence-corrected chi connectivity index (χ3v) is 3.73. The molecule has 5 heteroatoms. The van der Waals surface area contributed by atoms with Crippen LogP contribution in [0.15, 0.2) is 46.9 Å². The molecule has 0 amide bonds. The van der Waals surface area contributed by atoms with Crippen molar-refractivity contribution in [2.75, 3.05) is 5.32 Å². The first-order valence-corrected chi connectivity index (χ1v) is 7.15. The van der Waals surface area contributed by atoms with Crippen LogP contribution in [0.25, 0.3) is 0 Å². The molecule has 0 atom stereocenters. The highest BCUT2D eigenvalue weighted by Gasteiger charge is 2.08. The van der Waals surface area contributed by atoms with Crippen LogP contribution in [-0.4, -0.2) is 4.92 Å². The Balaban J connectivity index is 2.04. The fourth-order valence-corrected chi connectivity index (χ4v) is 2.36. The van der Waals surface area contributed by atoms with Gasteiger partial charge in [0.1, 0.15) is 0 Å². The molecule has 0 radical (unpaired) electrons. The second kappa shape index (κ2) is 6.52. The van der Waals surface area contributed by atoms with Crippen LogP contribution in [0.2, 0.25) is 0 Å². The Kier molecular flexibility index (Phi) is 4.74. The molecule has 0 aliphatic rings. The monoisotopic (exact) mass is 334 g/mol. The molecule has 0 aliphatic heterocycles. The SMILES string of the molecule is CCc1ccc(CNc2ccc([N+](=O)[O-])cc2Br)cc1. The number of non-ortho nitro benzene ring substituents is 1. The summed E-state index contributed by atoms with van der Waals surface area (Å²) >= 11 is 3.34. The van der Waals surface area contributed by atoms with Crippen LogP contribution < -0.4 is 5.32 Å². The summed E-state index contributed by atoms with van der Waals surface area (Å²) in [5.41, 5.74) is 3.41. The quantitative estimate of drug-likeness (QED) is 0.645. The maximum atomic E-state index is 10.7. The molecule has 0 fully saturated rings. The molecule has 0 bridgehead atoms. The molecule has 4 nitrogen and oxygen atoms in total. The Hall–Kier alpha value is -1.88. The Bertz CT molecular complexity index is 612. The Morgan fingerprint density at radius 1 is 1.15 bits per heavy atom. The van der Waals surface area contributed by atoms with E-state index in [1.54, 1.807) is 6.07 Å². The van der Waals surface area contributed by atoms with Gasteiger partial charge in [0.25, 0.3) is 5.69 Å². The van der Waals surface area contributed by atoms with E-state index in [1.807, 2.05) is 0 Å².